The lowest BCUT2D eigenvalue weighted by Crippen LogP contribution is -2.29. The molecule has 0 radical (unpaired) electrons. The number of piperidine rings is 1. The fraction of sp³-hybridized carbons (Fsp3) is 0.250. The second kappa shape index (κ2) is 8.57. The van der Waals surface area contributed by atoms with Crippen molar-refractivity contribution in [2.24, 2.45) is 0 Å². The summed E-state index contributed by atoms with van der Waals surface area (Å²) in [6.45, 7) is 3.54. The highest BCUT2D eigenvalue weighted by Gasteiger charge is 2.31. The first-order chi connectivity index (χ1) is 12.9. The van der Waals surface area contributed by atoms with E-state index in [0.717, 1.165) is 6.54 Å². The highest BCUT2D eigenvalue weighted by molar-refractivity contribution is 7.97. The Morgan fingerprint density at radius 3 is 1.77 bits per heavy atom. The number of hydrogen-bond donors (Lipinski definition) is 0. The second-order valence-electron chi connectivity index (χ2n) is 6.88. The maximum Gasteiger partial charge on any atom is 0.171 e. The van der Waals surface area contributed by atoms with Gasteiger partial charge in [-0.1, -0.05) is 61.0 Å². The summed E-state index contributed by atoms with van der Waals surface area (Å²) >= 11 is 0. The topological polar surface area (TPSA) is 3.24 Å². The molecule has 4 rings (SSSR count). The molecule has 1 nitrogen and oxygen atoms in total. The molecule has 1 saturated heterocycles. The van der Waals surface area contributed by atoms with Gasteiger partial charge in [0.25, 0.3) is 0 Å². The van der Waals surface area contributed by atoms with E-state index in [1.807, 2.05) is 0 Å². The molecule has 3 aromatic rings. The Balaban J connectivity index is 1.74. The third-order valence-corrected chi connectivity index (χ3v) is 7.32. The van der Waals surface area contributed by atoms with Crippen molar-refractivity contribution in [3.63, 3.8) is 0 Å². The first-order valence-corrected chi connectivity index (χ1v) is 10.8. The minimum absolute atomic E-state index is 0.0572. The smallest absolute Gasteiger partial charge is 0.171 e. The lowest BCUT2D eigenvalue weighted by molar-refractivity contribution is 0.219. The van der Waals surface area contributed by atoms with Crippen LogP contribution in [0.5, 0.6) is 0 Å². The molecular weight excluding hydrogens is 334 g/mol. The fourth-order valence-corrected chi connectivity index (χ4v) is 5.94. The minimum Gasteiger partial charge on any atom is -0.299 e. The van der Waals surface area contributed by atoms with E-state index >= 15 is 0 Å². The molecular formula is C24H26NS+. The largest absolute Gasteiger partial charge is 0.299 e. The van der Waals surface area contributed by atoms with E-state index in [2.05, 4.69) is 89.8 Å². The molecule has 1 aliphatic rings. The Kier molecular flexibility index (Phi) is 5.73. The molecule has 0 aliphatic carbocycles. The van der Waals surface area contributed by atoms with Gasteiger partial charge in [-0.3, -0.25) is 4.90 Å². The number of likely N-dealkylation sites (tertiary alicyclic amines) is 1. The molecule has 3 aromatic carbocycles. The van der Waals surface area contributed by atoms with E-state index in [0.29, 0.717) is 0 Å². The van der Waals surface area contributed by atoms with Gasteiger partial charge in [0.2, 0.25) is 0 Å². The van der Waals surface area contributed by atoms with E-state index in [9.17, 15) is 0 Å². The Hall–Kier alpha value is -2.03. The predicted molar refractivity (Wildman–Crippen MR) is 111 cm³/mol. The first kappa shape index (κ1) is 17.4. The average molecular weight is 361 g/mol. The van der Waals surface area contributed by atoms with Crippen molar-refractivity contribution < 1.29 is 0 Å². The van der Waals surface area contributed by atoms with Crippen LogP contribution in [0.2, 0.25) is 0 Å². The monoisotopic (exact) mass is 360 g/mol. The van der Waals surface area contributed by atoms with Crippen molar-refractivity contribution >= 4 is 10.9 Å². The highest BCUT2D eigenvalue weighted by atomic mass is 32.2. The normalized spacial score (nSPS) is 15.3. The van der Waals surface area contributed by atoms with Crippen molar-refractivity contribution in [2.45, 2.75) is 40.5 Å². The summed E-state index contributed by atoms with van der Waals surface area (Å²) in [5, 5.41) is 0. The van der Waals surface area contributed by atoms with Crippen molar-refractivity contribution in [1.29, 1.82) is 0 Å². The molecule has 0 bridgehead atoms. The van der Waals surface area contributed by atoms with Crippen LogP contribution >= 0.6 is 0 Å². The van der Waals surface area contributed by atoms with Crippen LogP contribution in [0, 0.1) is 0 Å². The SMILES string of the molecule is c1ccc([S+](c2ccccc2)c2ccccc2CN2CCCCC2)cc1. The molecule has 0 unspecified atom stereocenters. The van der Waals surface area contributed by atoms with E-state index < -0.39 is 0 Å². The third kappa shape index (κ3) is 4.03. The average Bonchev–Trinajstić information content (AvgIpc) is 2.72. The summed E-state index contributed by atoms with van der Waals surface area (Å²) in [6.07, 6.45) is 4.06. The summed E-state index contributed by atoms with van der Waals surface area (Å²) in [7, 11) is -0.0572. The van der Waals surface area contributed by atoms with Crippen LogP contribution in [0.25, 0.3) is 0 Å². The third-order valence-electron chi connectivity index (χ3n) is 4.99. The van der Waals surface area contributed by atoms with Crippen LogP contribution in [0.4, 0.5) is 0 Å². The van der Waals surface area contributed by atoms with Crippen LogP contribution in [0.1, 0.15) is 24.8 Å². The van der Waals surface area contributed by atoms with Gasteiger partial charge in [-0.15, -0.1) is 0 Å². The molecule has 0 saturated carbocycles. The molecule has 1 aliphatic heterocycles. The van der Waals surface area contributed by atoms with Crippen molar-refractivity contribution in [3.8, 4) is 0 Å². The molecule has 0 aromatic heterocycles. The molecule has 1 heterocycles. The van der Waals surface area contributed by atoms with Gasteiger partial charge in [0.05, 0.1) is 10.9 Å². The Morgan fingerprint density at radius 2 is 1.15 bits per heavy atom. The van der Waals surface area contributed by atoms with E-state index in [4.69, 9.17) is 0 Å². The van der Waals surface area contributed by atoms with Gasteiger partial charge in [-0.05, 0) is 56.3 Å². The molecule has 1 fully saturated rings. The molecule has 0 N–H and O–H groups in total. The van der Waals surface area contributed by atoms with E-state index in [1.54, 1.807) is 0 Å². The highest BCUT2D eigenvalue weighted by Crippen LogP contribution is 2.33. The summed E-state index contributed by atoms with van der Waals surface area (Å²) in [5.41, 5.74) is 1.48. The Morgan fingerprint density at radius 1 is 0.615 bits per heavy atom. The summed E-state index contributed by atoms with van der Waals surface area (Å²) in [6, 6.07) is 31.0. The molecule has 132 valence electrons. The Labute approximate surface area is 160 Å². The van der Waals surface area contributed by atoms with Gasteiger partial charge in [0.15, 0.2) is 14.7 Å². The second-order valence-corrected chi connectivity index (χ2v) is 8.87. The van der Waals surface area contributed by atoms with E-state index in [-0.39, 0.29) is 10.9 Å². The maximum atomic E-state index is 2.62. The van der Waals surface area contributed by atoms with Crippen LogP contribution in [-0.4, -0.2) is 18.0 Å². The fourth-order valence-electron chi connectivity index (χ4n) is 3.70. The zero-order valence-electron chi connectivity index (χ0n) is 15.2. The van der Waals surface area contributed by atoms with Gasteiger partial charge in [-0.2, -0.15) is 0 Å². The lowest BCUT2D eigenvalue weighted by Gasteiger charge is -2.26. The summed E-state index contributed by atoms with van der Waals surface area (Å²) in [5.74, 6) is 0. The van der Waals surface area contributed by atoms with Gasteiger partial charge < -0.3 is 0 Å². The number of benzene rings is 3. The molecule has 2 heteroatoms. The predicted octanol–water partition coefficient (Wildman–Crippen LogP) is 5.77. The standard InChI is InChI=1S/C24H26NS/c1-4-13-22(14-5-1)26(23-15-6-2-7-16-23)24-17-9-8-12-21(24)20-25-18-10-3-11-19-25/h1-2,4-9,12-17H,3,10-11,18-20H2/q+1. The van der Waals surface area contributed by atoms with Crippen LogP contribution in [0.15, 0.2) is 99.6 Å². The molecule has 26 heavy (non-hydrogen) atoms. The quantitative estimate of drug-likeness (QED) is 0.522. The summed E-state index contributed by atoms with van der Waals surface area (Å²) < 4.78 is 0. The first-order valence-electron chi connectivity index (χ1n) is 9.56. The van der Waals surface area contributed by atoms with E-state index in [1.165, 1.54) is 52.6 Å². The minimum atomic E-state index is -0.0572. The van der Waals surface area contributed by atoms with Crippen molar-refractivity contribution in [2.75, 3.05) is 13.1 Å². The van der Waals surface area contributed by atoms with Gasteiger partial charge in [0, 0.05) is 12.1 Å². The Bertz CT molecular complexity index is 770. The number of hydrogen-bond acceptors (Lipinski definition) is 1. The zero-order valence-corrected chi connectivity index (χ0v) is 16.0. The van der Waals surface area contributed by atoms with Crippen LogP contribution < -0.4 is 0 Å². The molecule has 0 amide bonds. The van der Waals surface area contributed by atoms with Gasteiger partial charge in [0.1, 0.15) is 0 Å². The molecule has 0 spiro atoms. The van der Waals surface area contributed by atoms with Crippen molar-refractivity contribution in [3.05, 3.63) is 90.5 Å². The number of rotatable bonds is 5. The van der Waals surface area contributed by atoms with Crippen molar-refractivity contribution in [1.82, 2.24) is 4.90 Å². The molecule has 0 atom stereocenters. The van der Waals surface area contributed by atoms with Gasteiger partial charge in [-0.25, -0.2) is 0 Å². The van der Waals surface area contributed by atoms with Crippen LogP contribution in [-0.2, 0) is 17.4 Å². The van der Waals surface area contributed by atoms with Crippen LogP contribution in [0.3, 0.4) is 0 Å². The summed E-state index contributed by atoms with van der Waals surface area (Å²) in [4.78, 5) is 6.88. The van der Waals surface area contributed by atoms with Gasteiger partial charge >= 0.3 is 0 Å². The zero-order chi connectivity index (χ0) is 17.6. The maximum absolute atomic E-state index is 2.62. The number of nitrogens with zero attached hydrogens (tertiary/aromatic N) is 1. The lowest BCUT2D eigenvalue weighted by atomic mass is 10.1.